The van der Waals surface area contributed by atoms with E-state index in [1.807, 2.05) is 31.3 Å². The van der Waals surface area contributed by atoms with Crippen LogP contribution in [0.5, 0.6) is 0 Å². The van der Waals surface area contributed by atoms with E-state index in [0.29, 0.717) is 0 Å². The number of halogens is 1. The normalized spacial score (nSPS) is 30.3. The van der Waals surface area contributed by atoms with Gasteiger partial charge in [0.05, 0.1) is 11.6 Å². The predicted octanol–water partition coefficient (Wildman–Crippen LogP) is 2.69. The van der Waals surface area contributed by atoms with Crippen molar-refractivity contribution in [3.8, 4) is 0 Å². The van der Waals surface area contributed by atoms with Gasteiger partial charge in [0.15, 0.2) is 0 Å². The molecule has 1 aromatic carbocycles. The summed E-state index contributed by atoms with van der Waals surface area (Å²) >= 11 is 6.24. The maximum Gasteiger partial charge on any atom is 0.0764 e. The molecule has 2 atom stereocenters. The number of likely N-dealkylation sites (N-methyl/N-ethyl adjacent to an activating group) is 1. The highest BCUT2D eigenvalue weighted by Gasteiger charge is 2.41. The molecule has 1 saturated carbocycles. The molecule has 88 valence electrons. The van der Waals surface area contributed by atoms with E-state index in [1.165, 1.54) is 0 Å². The summed E-state index contributed by atoms with van der Waals surface area (Å²) in [5, 5.41) is 14.3. The Labute approximate surface area is 102 Å². The predicted molar refractivity (Wildman–Crippen MR) is 66.7 cm³/mol. The van der Waals surface area contributed by atoms with Crippen LogP contribution in [0, 0.1) is 0 Å². The van der Waals surface area contributed by atoms with E-state index in [0.717, 1.165) is 36.3 Å². The lowest BCUT2D eigenvalue weighted by Gasteiger charge is -2.42. The number of rotatable bonds is 2. The zero-order chi connectivity index (χ0) is 11.6. The first-order valence-corrected chi connectivity index (χ1v) is 6.20. The Morgan fingerprint density at radius 3 is 2.75 bits per heavy atom. The molecular formula is C13H18ClNO. The molecule has 16 heavy (non-hydrogen) atoms. The zero-order valence-corrected chi connectivity index (χ0v) is 10.3. The molecule has 0 saturated heterocycles. The molecule has 2 nitrogen and oxygen atoms in total. The Morgan fingerprint density at radius 2 is 2.12 bits per heavy atom. The van der Waals surface area contributed by atoms with Gasteiger partial charge in [-0.2, -0.15) is 0 Å². The summed E-state index contributed by atoms with van der Waals surface area (Å²) in [6, 6.07) is 7.79. The first kappa shape index (κ1) is 11.9. The summed E-state index contributed by atoms with van der Waals surface area (Å²) in [6.45, 7) is 0. The van der Waals surface area contributed by atoms with Crippen molar-refractivity contribution in [2.24, 2.45) is 0 Å². The molecule has 1 aliphatic carbocycles. The van der Waals surface area contributed by atoms with Gasteiger partial charge in [-0.05, 0) is 31.5 Å². The van der Waals surface area contributed by atoms with Crippen molar-refractivity contribution >= 4 is 11.6 Å². The summed E-state index contributed by atoms with van der Waals surface area (Å²) in [7, 11) is 1.90. The minimum absolute atomic E-state index is 0.355. The summed E-state index contributed by atoms with van der Waals surface area (Å²) in [5.74, 6) is 0. The zero-order valence-electron chi connectivity index (χ0n) is 9.54. The quantitative estimate of drug-likeness (QED) is 0.832. The van der Waals surface area contributed by atoms with Crippen LogP contribution >= 0.6 is 11.6 Å². The van der Waals surface area contributed by atoms with E-state index < -0.39 is 0 Å². The molecule has 0 spiro atoms. The topological polar surface area (TPSA) is 32.3 Å². The number of aliphatic hydroxyl groups is 1. The monoisotopic (exact) mass is 239 g/mol. The van der Waals surface area contributed by atoms with Gasteiger partial charge in [-0.15, -0.1) is 0 Å². The smallest absolute Gasteiger partial charge is 0.0764 e. The largest absolute Gasteiger partial charge is 0.391 e. The number of aliphatic hydroxyl groups excluding tert-OH is 1. The van der Waals surface area contributed by atoms with Crippen molar-refractivity contribution in [3.05, 3.63) is 34.9 Å². The molecule has 1 aliphatic rings. The second-order valence-corrected chi connectivity index (χ2v) is 4.87. The van der Waals surface area contributed by atoms with Gasteiger partial charge in [-0.25, -0.2) is 0 Å². The summed E-state index contributed by atoms with van der Waals surface area (Å²) in [4.78, 5) is 0. The van der Waals surface area contributed by atoms with E-state index in [9.17, 15) is 5.11 Å². The number of hydrogen-bond donors (Lipinski definition) is 2. The van der Waals surface area contributed by atoms with Crippen molar-refractivity contribution in [1.29, 1.82) is 0 Å². The van der Waals surface area contributed by atoms with Crippen molar-refractivity contribution in [1.82, 2.24) is 5.32 Å². The molecule has 2 rings (SSSR count). The second kappa shape index (κ2) is 4.74. The van der Waals surface area contributed by atoms with Crippen LogP contribution in [0.2, 0.25) is 5.02 Å². The lowest BCUT2D eigenvalue weighted by atomic mass is 9.74. The number of hydrogen-bond acceptors (Lipinski definition) is 2. The maximum absolute atomic E-state index is 10.3. The van der Waals surface area contributed by atoms with Gasteiger partial charge in [-0.1, -0.05) is 42.6 Å². The molecule has 0 amide bonds. The molecular weight excluding hydrogens is 222 g/mol. The van der Waals surface area contributed by atoms with Gasteiger partial charge in [0.1, 0.15) is 0 Å². The fourth-order valence-corrected chi connectivity index (χ4v) is 3.02. The summed E-state index contributed by atoms with van der Waals surface area (Å²) in [6.07, 6.45) is 3.64. The Bertz CT molecular complexity index is 369. The molecule has 1 aromatic rings. The van der Waals surface area contributed by atoms with Crippen LogP contribution in [-0.2, 0) is 5.54 Å². The van der Waals surface area contributed by atoms with Crippen LogP contribution in [0.15, 0.2) is 24.3 Å². The molecule has 1 unspecified atom stereocenters. The molecule has 2 N–H and O–H groups in total. The Morgan fingerprint density at radius 1 is 1.38 bits per heavy atom. The second-order valence-electron chi connectivity index (χ2n) is 4.46. The maximum atomic E-state index is 10.3. The number of nitrogens with one attached hydrogen (secondary N) is 1. The fraction of sp³-hybridized carbons (Fsp3) is 0.538. The van der Waals surface area contributed by atoms with E-state index in [2.05, 4.69) is 5.32 Å². The van der Waals surface area contributed by atoms with Crippen molar-refractivity contribution < 1.29 is 5.11 Å². The van der Waals surface area contributed by atoms with Gasteiger partial charge < -0.3 is 10.4 Å². The van der Waals surface area contributed by atoms with Crippen LogP contribution in [0.1, 0.15) is 31.2 Å². The fourth-order valence-electron chi connectivity index (χ4n) is 2.72. The lowest BCUT2D eigenvalue weighted by molar-refractivity contribution is 0.0253. The summed E-state index contributed by atoms with van der Waals surface area (Å²) in [5.41, 5.74) is 0.655. The van der Waals surface area contributed by atoms with E-state index in [-0.39, 0.29) is 11.6 Å². The molecule has 0 heterocycles. The highest BCUT2D eigenvalue weighted by atomic mass is 35.5. The average molecular weight is 240 g/mol. The molecule has 3 heteroatoms. The molecule has 0 aliphatic heterocycles. The van der Waals surface area contributed by atoms with Crippen LogP contribution in [-0.4, -0.2) is 18.3 Å². The highest BCUT2D eigenvalue weighted by molar-refractivity contribution is 6.31. The van der Waals surface area contributed by atoms with E-state index in [4.69, 9.17) is 11.6 Å². The van der Waals surface area contributed by atoms with Crippen LogP contribution in [0.3, 0.4) is 0 Å². The van der Waals surface area contributed by atoms with E-state index >= 15 is 0 Å². The first-order chi connectivity index (χ1) is 7.70. The van der Waals surface area contributed by atoms with Crippen LogP contribution in [0.4, 0.5) is 0 Å². The summed E-state index contributed by atoms with van der Waals surface area (Å²) < 4.78 is 0. The minimum Gasteiger partial charge on any atom is -0.391 e. The minimum atomic E-state index is -0.364. The molecule has 0 radical (unpaired) electrons. The van der Waals surface area contributed by atoms with Crippen molar-refractivity contribution in [3.63, 3.8) is 0 Å². The van der Waals surface area contributed by atoms with Crippen LogP contribution in [0.25, 0.3) is 0 Å². The van der Waals surface area contributed by atoms with Gasteiger partial charge in [0.2, 0.25) is 0 Å². The van der Waals surface area contributed by atoms with Crippen molar-refractivity contribution in [2.45, 2.75) is 37.3 Å². The Balaban J connectivity index is 2.44. The van der Waals surface area contributed by atoms with Crippen LogP contribution < -0.4 is 5.32 Å². The SMILES string of the molecule is CN[C@]1(c2ccccc2Cl)CCCCC1O. The highest BCUT2D eigenvalue weighted by Crippen LogP contribution is 2.39. The van der Waals surface area contributed by atoms with Gasteiger partial charge in [0, 0.05) is 5.02 Å². The third kappa shape index (κ3) is 1.86. The number of benzene rings is 1. The van der Waals surface area contributed by atoms with E-state index in [1.54, 1.807) is 0 Å². The molecule has 0 bridgehead atoms. The Hall–Kier alpha value is -0.570. The lowest BCUT2D eigenvalue weighted by Crippen LogP contribution is -2.52. The average Bonchev–Trinajstić information content (AvgIpc) is 2.31. The van der Waals surface area contributed by atoms with Gasteiger partial charge in [-0.3, -0.25) is 0 Å². The third-order valence-electron chi connectivity index (χ3n) is 3.67. The Kier molecular flexibility index (Phi) is 3.53. The van der Waals surface area contributed by atoms with Crippen molar-refractivity contribution in [2.75, 3.05) is 7.05 Å². The molecule has 0 aromatic heterocycles. The third-order valence-corrected chi connectivity index (χ3v) is 4.00. The molecule has 1 fully saturated rings. The first-order valence-electron chi connectivity index (χ1n) is 5.83. The van der Waals surface area contributed by atoms with Gasteiger partial charge in [0.25, 0.3) is 0 Å². The van der Waals surface area contributed by atoms with Gasteiger partial charge >= 0.3 is 0 Å². The standard InChI is InChI=1S/C13H18ClNO/c1-15-13(9-5-4-8-12(13)16)10-6-2-3-7-11(10)14/h2-3,6-7,12,15-16H,4-5,8-9H2,1H3/t12?,13-/m0/s1.